The Morgan fingerprint density at radius 1 is 1.63 bits per heavy atom. The molecule has 0 aromatic heterocycles. The molecule has 0 fully saturated rings. The third-order valence-corrected chi connectivity index (χ3v) is 3.28. The largest absolute Gasteiger partial charge is 0.360 e. The summed E-state index contributed by atoms with van der Waals surface area (Å²) in [6.45, 7) is 8.70. The van der Waals surface area contributed by atoms with Crippen molar-refractivity contribution in [3.05, 3.63) is 48.1 Å². The van der Waals surface area contributed by atoms with Crippen molar-refractivity contribution in [2.45, 2.75) is 26.4 Å². The molecule has 0 heterocycles. The molecule has 0 saturated heterocycles. The summed E-state index contributed by atoms with van der Waals surface area (Å²) in [5.74, 6) is 2.53. The minimum Gasteiger partial charge on any atom is -0.360 e. The fourth-order valence-electron chi connectivity index (χ4n) is 2.74. The number of nitrogens with two attached hydrogens (primary N) is 1. The predicted molar refractivity (Wildman–Crippen MR) is 81.5 cm³/mol. The third-order valence-electron chi connectivity index (χ3n) is 3.28. The number of rotatable bonds is 6. The first-order chi connectivity index (χ1) is 9.13. The number of hydrogen-bond donors (Lipinski definition) is 1. The van der Waals surface area contributed by atoms with Crippen molar-refractivity contribution in [2.24, 2.45) is 11.1 Å². The average Bonchev–Trinajstić information content (AvgIpc) is 2.37. The highest BCUT2D eigenvalue weighted by Gasteiger charge is 2.38. The van der Waals surface area contributed by atoms with Gasteiger partial charge in [-0.25, -0.2) is 0 Å². The van der Waals surface area contributed by atoms with Crippen LogP contribution in [0.2, 0.25) is 0 Å². The van der Waals surface area contributed by atoms with Gasteiger partial charge in [0, 0.05) is 12.0 Å². The van der Waals surface area contributed by atoms with Gasteiger partial charge in [-0.15, -0.1) is 13.0 Å². The highest BCUT2D eigenvalue weighted by molar-refractivity contribution is 5.39. The van der Waals surface area contributed by atoms with Crippen LogP contribution in [0.25, 0.3) is 0 Å². The average molecular weight is 257 g/mol. The highest BCUT2D eigenvalue weighted by atomic mass is 16.5. The first-order valence-electron chi connectivity index (χ1n) is 6.53. The van der Waals surface area contributed by atoms with Crippen LogP contribution in [0.1, 0.15) is 20.3 Å². The summed E-state index contributed by atoms with van der Waals surface area (Å²) in [6, 6.07) is 0. The van der Waals surface area contributed by atoms with Crippen molar-refractivity contribution >= 4 is 0 Å². The lowest BCUT2D eigenvalue weighted by atomic mass is 9.71. The summed E-state index contributed by atoms with van der Waals surface area (Å²) in [7, 11) is 0. The van der Waals surface area contributed by atoms with Crippen molar-refractivity contribution in [1.29, 1.82) is 0 Å². The zero-order valence-electron chi connectivity index (χ0n) is 11.9. The highest BCUT2D eigenvalue weighted by Crippen LogP contribution is 2.41. The van der Waals surface area contributed by atoms with Crippen LogP contribution in [0.3, 0.4) is 0 Å². The SMILES string of the molecule is C#CCOC1C(CN)=CC(C)=CC1(C=CC)CC=C. The van der Waals surface area contributed by atoms with Gasteiger partial charge in [-0.2, -0.15) is 0 Å². The van der Waals surface area contributed by atoms with Crippen molar-refractivity contribution in [2.75, 3.05) is 13.2 Å². The Kier molecular flexibility index (Phi) is 5.82. The summed E-state index contributed by atoms with van der Waals surface area (Å²) < 4.78 is 5.88. The molecule has 0 aliphatic heterocycles. The van der Waals surface area contributed by atoms with E-state index in [2.05, 4.69) is 37.7 Å². The zero-order chi connectivity index (χ0) is 14.3. The second kappa shape index (κ2) is 7.13. The van der Waals surface area contributed by atoms with Gasteiger partial charge in [0.05, 0.1) is 6.10 Å². The second-order valence-electron chi connectivity index (χ2n) is 4.81. The summed E-state index contributed by atoms with van der Waals surface area (Å²) >= 11 is 0. The summed E-state index contributed by atoms with van der Waals surface area (Å²) in [6.07, 6.45) is 16.4. The number of ether oxygens (including phenoxy) is 1. The van der Waals surface area contributed by atoms with Crippen LogP contribution in [-0.2, 0) is 4.74 Å². The quantitative estimate of drug-likeness (QED) is 0.586. The molecule has 0 aromatic carbocycles. The van der Waals surface area contributed by atoms with E-state index < -0.39 is 0 Å². The maximum atomic E-state index is 5.88. The molecule has 1 aliphatic carbocycles. The molecule has 0 aromatic rings. The molecule has 2 nitrogen and oxygen atoms in total. The van der Waals surface area contributed by atoms with Gasteiger partial charge >= 0.3 is 0 Å². The summed E-state index contributed by atoms with van der Waals surface area (Å²) in [4.78, 5) is 0. The van der Waals surface area contributed by atoms with Gasteiger partial charge < -0.3 is 10.5 Å². The second-order valence-corrected chi connectivity index (χ2v) is 4.81. The molecule has 102 valence electrons. The van der Waals surface area contributed by atoms with Crippen molar-refractivity contribution < 1.29 is 4.74 Å². The van der Waals surface area contributed by atoms with E-state index in [1.807, 2.05) is 19.1 Å². The Bertz CT molecular complexity index is 450. The minimum atomic E-state index is -0.235. The summed E-state index contributed by atoms with van der Waals surface area (Å²) in [5.41, 5.74) is 7.90. The predicted octanol–water partition coefficient (Wildman–Crippen LogP) is 2.99. The lowest BCUT2D eigenvalue weighted by Gasteiger charge is -2.39. The molecule has 2 heteroatoms. The molecule has 0 radical (unpaired) electrons. The van der Waals surface area contributed by atoms with E-state index >= 15 is 0 Å². The molecule has 1 rings (SSSR count). The molecule has 0 bridgehead atoms. The topological polar surface area (TPSA) is 35.2 Å². The molecule has 0 saturated carbocycles. The maximum Gasteiger partial charge on any atom is 0.108 e. The zero-order valence-corrected chi connectivity index (χ0v) is 11.9. The fourth-order valence-corrected chi connectivity index (χ4v) is 2.74. The third kappa shape index (κ3) is 3.47. The van der Waals surface area contributed by atoms with E-state index in [1.165, 1.54) is 5.57 Å². The fraction of sp³-hybridized carbons (Fsp3) is 0.412. The molecule has 1 aliphatic rings. The van der Waals surface area contributed by atoms with Gasteiger partial charge in [0.2, 0.25) is 0 Å². The van der Waals surface area contributed by atoms with Crippen LogP contribution in [-0.4, -0.2) is 19.3 Å². The Balaban J connectivity index is 3.25. The molecule has 0 spiro atoms. The molecule has 2 N–H and O–H groups in total. The Hall–Kier alpha value is -1.56. The van der Waals surface area contributed by atoms with Crippen LogP contribution in [0.5, 0.6) is 0 Å². The number of hydrogen-bond acceptors (Lipinski definition) is 2. The number of allylic oxidation sites excluding steroid dienone is 4. The van der Waals surface area contributed by atoms with Gasteiger partial charge in [-0.1, -0.05) is 41.9 Å². The van der Waals surface area contributed by atoms with E-state index in [0.29, 0.717) is 6.54 Å². The normalized spacial score (nSPS) is 26.7. The van der Waals surface area contributed by atoms with Crippen molar-refractivity contribution in [3.8, 4) is 12.3 Å². The van der Waals surface area contributed by atoms with E-state index in [0.717, 1.165) is 12.0 Å². The van der Waals surface area contributed by atoms with E-state index in [9.17, 15) is 0 Å². The van der Waals surface area contributed by atoms with Crippen LogP contribution in [0, 0.1) is 17.8 Å². The lowest BCUT2D eigenvalue weighted by Crippen LogP contribution is -2.40. The molecular weight excluding hydrogens is 234 g/mol. The summed E-state index contributed by atoms with van der Waals surface area (Å²) in [5, 5.41) is 0. The molecule has 2 atom stereocenters. The standard InChI is InChI=1S/C17H23NO/c1-5-8-17(9-6-2)12-14(4)11-15(13-18)16(17)19-10-7-3/h3,5-6,9,11-12,16H,1,8,10,13,18H2,2,4H3. The van der Waals surface area contributed by atoms with Crippen LogP contribution in [0.15, 0.2) is 48.1 Å². The Labute approximate surface area is 116 Å². The first kappa shape index (κ1) is 15.5. The molecular formula is C17H23NO. The maximum absolute atomic E-state index is 5.88. The molecule has 2 unspecified atom stereocenters. The van der Waals surface area contributed by atoms with Gasteiger partial charge in [-0.05, 0) is 25.8 Å². The Morgan fingerprint density at radius 3 is 2.89 bits per heavy atom. The minimum absolute atomic E-state index is 0.119. The van der Waals surface area contributed by atoms with Gasteiger partial charge in [-0.3, -0.25) is 0 Å². The monoisotopic (exact) mass is 257 g/mol. The Morgan fingerprint density at radius 2 is 2.37 bits per heavy atom. The smallest absolute Gasteiger partial charge is 0.108 e. The van der Waals surface area contributed by atoms with E-state index in [4.69, 9.17) is 16.9 Å². The van der Waals surface area contributed by atoms with Gasteiger partial charge in [0.1, 0.15) is 6.61 Å². The lowest BCUT2D eigenvalue weighted by molar-refractivity contribution is 0.0426. The number of terminal acetylenes is 1. The van der Waals surface area contributed by atoms with Crippen molar-refractivity contribution in [3.63, 3.8) is 0 Å². The van der Waals surface area contributed by atoms with Crippen LogP contribution in [0.4, 0.5) is 0 Å². The van der Waals surface area contributed by atoms with E-state index in [-0.39, 0.29) is 18.1 Å². The van der Waals surface area contributed by atoms with Gasteiger partial charge in [0.15, 0.2) is 0 Å². The van der Waals surface area contributed by atoms with E-state index in [1.54, 1.807) is 0 Å². The van der Waals surface area contributed by atoms with Crippen LogP contribution < -0.4 is 5.73 Å². The first-order valence-corrected chi connectivity index (χ1v) is 6.53. The van der Waals surface area contributed by atoms with Gasteiger partial charge in [0.25, 0.3) is 0 Å². The van der Waals surface area contributed by atoms with Crippen molar-refractivity contribution in [1.82, 2.24) is 0 Å². The molecule has 0 amide bonds. The molecule has 19 heavy (non-hydrogen) atoms. The van der Waals surface area contributed by atoms with Crippen LogP contribution >= 0.6 is 0 Å².